The maximum Gasteiger partial charge on any atom is 0.403 e. The average Bonchev–Trinajstić information content (AvgIpc) is 3.77. The Morgan fingerprint density at radius 2 is 1.70 bits per heavy atom. The summed E-state index contributed by atoms with van der Waals surface area (Å²) < 4.78 is 36.9. The number of esters is 1. The maximum atomic E-state index is 13.4. The smallest absolute Gasteiger partial charge is 0.403 e. The first-order valence-electron chi connectivity index (χ1n) is 15.9. The van der Waals surface area contributed by atoms with E-state index < -0.39 is 55.6 Å². The van der Waals surface area contributed by atoms with Crippen LogP contribution < -0.4 is 15.6 Å². The summed E-state index contributed by atoms with van der Waals surface area (Å²) in [6, 6.07) is 13.3. The van der Waals surface area contributed by atoms with Gasteiger partial charge in [-0.25, -0.2) is 29.4 Å². The quantitative estimate of drug-likeness (QED) is 0.0644. The number of aromatic nitrogens is 4. The summed E-state index contributed by atoms with van der Waals surface area (Å²) in [5.41, 5.74) is 6.46. The van der Waals surface area contributed by atoms with Crippen molar-refractivity contribution in [3.63, 3.8) is 0 Å². The number of aromatic hydroxyl groups is 2. The minimum Gasteiger partial charge on any atom is -0.508 e. The molecule has 0 saturated carbocycles. The summed E-state index contributed by atoms with van der Waals surface area (Å²) in [4.78, 5) is 48.9. The zero-order valence-corrected chi connectivity index (χ0v) is 28.8. The lowest BCUT2D eigenvalue weighted by molar-refractivity contribution is -0.0487. The molecule has 5 heterocycles. The minimum atomic E-state index is -4.45. The van der Waals surface area contributed by atoms with E-state index in [-0.39, 0.29) is 63.4 Å². The highest BCUT2D eigenvalue weighted by Gasteiger charge is 2.54. The van der Waals surface area contributed by atoms with E-state index >= 15 is 0 Å². The summed E-state index contributed by atoms with van der Waals surface area (Å²) in [7, 11) is -4.45. The number of ether oxygens (including phenoxy) is 3. The lowest BCUT2D eigenvalue weighted by Crippen LogP contribution is -2.34. The molecule has 18 nitrogen and oxygen atoms in total. The van der Waals surface area contributed by atoms with Gasteiger partial charge in [0.05, 0.1) is 18.5 Å². The third-order valence-electron chi connectivity index (χ3n) is 9.07. The first kappa shape index (κ1) is 34.9. The fourth-order valence-corrected chi connectivity index (χ4v) is 8.29. The third kappa shape index (κ3) is 5.96. The van der Waals surface area contributed by atoms with E-state index in [9.17, 15) is 39.5 Å². The molecule has 0 bridgehead atoms. The molecule has 0 radical (unpaired) electrons. The van der Waals surface area contributed by atoms with Gasteiger partial charge < -0.3 is 45.3 Å². The lowest BCUT2D eigenvalue weighted by Gasteiger charge is -2.36. The minimum absolute atomic E-state index is 0.0331. The number of aliphatic hydroxyl groups excluding tert-OH is 2. The van der Waals surface area contributed by atoms with Gasteiger partial charge in [-0.3, -0.25) is 13.9 Å². The Morgan fingerprint density at radius 3 is 2.42 bits per heavy atom. The molecular weight excluding hydrogens is 735 g/mol. The SMILES string of the molecule is Nc1ncnc2c1ncn2[C@@H]1O[C@H](COP(=O)(O)NCCSC(=O)c2ccc3c(c2)C(=O)OC32c3ccc(O)cc3Oc3cc(O)ccc32)[C@@H](O)[C@H]1O. The van der Waals surface area contributed by atoms with Gasteiger partial charge >= 0.3 is 13.7 Å². The number of aliphatic hydroxyl groups is 2. The normalized spacial score (nSPS) is 22.1. The van der Waals surface area contributed by atoms with Gasteiger partial charge in [0, 0.05) is 46.7 Å². The Kier molecular flexibility index (Phi) is 8.62. The molecule has 8 N–H and O–H groups in total. The van der Waals surface area contributed by atoms with Crippen molar-refractivity contribution in [3.05, 3.63) is 95.1 Å². The van der Waals surface area contributed by atoms with Crippen LogP contribution in [0.5, 0.6) is 23.0 Å². The van der Waals surface area contributed by atoms with Crippen LogP contribution in [0.2, 0.25) is 0 Å². The molecule has 0 amide bonds. The van der Waals surface area contributed by atoms with Crippen LogP contribution in [0, 0.1) is 0 Å². The van der Waals surface area contributed by atoms with Crippen molar-refractivity contribution in [2.45, 2.75) is 30.1 Å². The van der Waals surface area contributed by atoms with Crippen molar-refractivity contribution in [1.29, 1.82) is 0 Å². The van der Waals surface area contributed by atoms with Crippen LogP contribution in [0.15, 0.2) is 67.3 Å². The standard InChI is InChI=1S/C33H29N6O12PS/c34-28-25-29(36-13-35-28)39(14-37-25)30-27(43)26(42)24(50-30)12-48-52(46,47)38-7-8-53-32(45)15-1-4-19-18(9-15)31(44)51-33(19)20-5-2-16(40)10-22(20)49-23-11-17(41)3-6-21(23)33/h1-6,9-11,13-14,24,26-27,30,40-43H,7-8,12H2,(H2,34,35,36)(H2,38,46,47)/t24-,26-,27-,30-/m1/s1. The number of nitrogens with two attached hydrogens (primary N) is 1. The van der Waals surface area contributed by atoms with Crippen LogP contribution in [-0.2, 0) is 24.2 Å². The predicted molar refractivity (Wildman–Crippen MR) is 184 cm³/mol. The van der Waals surface area contributed by atoms with Crippen molar-refractivity contribution in [2.24, 2.45) is 0 Å². The number of phenolic OH excluding ortho intramolecular Hbond substituents is 2. The number of carbonyl (C=O) groups is 2. The van der Waals surface area contributed by atoms with Crippen LogP contribution in [0.4, 0.5) is 5.82 Å². The number of nitrogens with one attached hydrogen (secondary N) is 1. The largest absolute Gasteiger partial charge is 0.508 e. The molecule has 5 atom stereocenters. The molecule has 1 unspecified atom stereocenters. The molecule has 1 saturated heterocycles. The molecule has 3 aromatic carbocycles. The summed E-state index contributed by atoms with van der Waals surface area (Å²) in [6.45, 7) is -0.712. The van der Waals surface area contributed by atoms with E-state index in [1.807, 2.05) is 0 Å². The van der Waals surface area contributed by atoms with Gasteiger partial charge in [0.15, 0.2) is 23.3 Å². The fourth-order valence-electron chi connectivity index (χ4n) is 6.62. The lowest BCUT2D eigenvalue weighted by atomic mass is 9.77. The number of hydrogen-bond donors (Lipinski definition) is 7. The Hall–Kier alpha value is -5.11. The van der Waals surface area contributed by atoms with Crippen molar-refractivity contribution in [1.82, 2.24) is 24.6 Å². The highest BCUT2D eigenvalue weighted by atomic mass is 32.2. The van der Waals surface area contributed by atoms with Gasteiger partial charge in [-0.2, -0.15) is 0 Å². The summed E-state index contributed by atoms with van der Waals surface area (Å²) >= 11 is 0.826. The highest BCUT2D eigenvalue weighted by Crippen LogP contribution is 2.57. The first-order valence-corrected chi connectivity index (χ1v) is 18.5. The highest BCUT2D eigenvalue weighted by molar-refractivity contribution is 8.14. The Morgan fingerprint density at radius 1 is 1.00 bits per heavy atom. The molecule has 2 aromatic heterocycles. The molecule has 3 aliphatic rings. The number of carbonyl (C=O) groups excluding carboxylic acids is 2. The van der Waals surface area contributed by atoms with Crippen LogP contribution in [0.1, 0.15) is 43.6 Å². The van der Waals surface area contributed by atoms with Crippen molar-refractivity contribution in [3.8, 4) is 23.0 Å². The van der Waals surface area contributed by atoms with E-state index in [1.54, 1.807) is 18.2 Å². The summed E-state index contributed by atoms with van der Waals surface area (Å²) in [5.74, 6) is -0.287. The number of thioether (sulfide) groups is 1. The molecule has 3 aliphatic heterocycles. The number of nitrogens with zero attached hydrogens (tertiary/aromatic N) is 4. The van der Waals surface area contributed by atoms with Crippen LogP contribution in [-0.4, -0.2) is 93.1 Å². The van der Waals surface area contributed by atoms with Gasteiger partial charge in [0.2, 0.25) is 5.12 Å². The Labute approximate surface area is 302 Å². The molecule has 5 aromatic rings. The number of benzene rings is 3. The molecule has 20 heteroatoms. The second-order valence-electron chi connectivity index (χ2n) is 12.3. The molecule has 1 spiro atoms. The predicted octanol–water partition coefficient (Wildman–Crippen LogP) is 2.29. The maximum absolute atomic E-state index is 13.4. The number of phenols is 2. The summed E-state index contributed by atoms with van der Waals surface area (Å²) in [5, 5.41) is 43.3. The van der Waals surface area contributed by atoms with Gasteiger partial charge in [0.1, 0.15) is 53.2 Å². The van der Waals surface area contributed by atoms with Crippen molar-refractivity contribution < 1.29 is 58.2 Å². The number of rotatable bonds is 9. The second-order valence-corrected chi connectivity index (χ2v) is 15.0. The number of anilines is 1. The second kappa shape index (κ2) is 13.1. The van der Waals surface area contributed by atoms with Crippen molar-refractivity contribution >= 4 is 47.6 Å². The van der Waals surface area contributed by atoms with Crippen LogP contribution in [0.3, 0.4) is 0 Å². The number of hydrogen-bond acceptors (Lipinski definition) is 16. The Balaban J connectivity index is 0.897. The van der Waals surface area contributed by atoms with Crippen molar-refractivity contribution in [2.75, 3.05) is 24.6 Å². The molecular formula is C33H29N6O12PS. The van der Waals surface area contributed by atoms with E-state index in [4.69, 9.17) is 24.5 Å². The van der Waals surface area contributed by atoms with E-state index in [0.717, 1.165) is 11.8 Å². The van der Waals surface area contributed by atoms with Crippen LogP contribution in [0.25, 0.3) is 11.2 Å². The topological polar surface area (TPSA) is 271 Å². The molecule has 53 heavy (non-hydrogen) atoms. The number of fused-ring (bicyclic) bond motifs is 7. The van der Waals surface area contributed by atoms with E-state index in [1.165, 1.54) is 53.6 Å². The summed E-state index contributed by atoms with van der Waals surface area (Å²) in [6.07, 6.45) is -2.76. The van der Waals surface area contributed by atoms with Gasteiger partial charge in [-0.15, -0.1) is 0 Å². The zero-order valence-electron chi connectivity index (χ0n) is 27.1. The fraction of sp³-hybridized carbons (Fsp3) is 0.242. The molecule has 0 aliphatic carbocycles. The molecule has 1 fully saturated rings. The number of nitrogen functional groups attached to an aromatic ring is 1. The van der Waals surface area contributed by atoms with Crippen LogP contribution >= 0.6 is 19.5 Å². The molecule has 274 valence electrons. The van der Waals surface area contributed by atoms with Gasteiger partial charge in [0.25, 0.3) is 0 Å². The van der Waals surface area contributed by atoms with E-state index in [0.29, 0.717) is 16.7 Å². The average molecular weight is 765 g/mol. The molecule has 8 rings (SSSR count). The van der Waals surface area contributed by atoms with Gasteiger partial charge in [-0.1, -0.05) is 17.8 Å². The first-order chi connectivity index (χ1) is 25.4. The van der Waals surface area contributed by atoms with E-state index in [2.05, 4.69) is 20.0 Å². The zero-order chi connectivity index (χ0) is 37.2. The Bertz CT molecular complexity index is 2310. The third-order valence-corrected chi connectivity index (χ3v) is 11.1. The number of imidazole rings is 1. The monoisotopic (exact) mass is 764 g/mol. The van der Waals surface area contributed by atoms with Gasteiger partial charge in [-0.05, 0) is 36.4 Å².